The molecule has 1 aliphatic carbocycles. The maximum atomic E-state index is 13.8. The zero-order valence-electron chi connectivity index (χ0n) is 22.2. The lowest BCUT2D eigenvalue weighted by molar-refractivity contribution is -0.130. The van der Waals surface area contributed by atoms with Gasteiger partial charge in [0.2, 0.25) is 0 Å². The largest absolute Gasteiger partial charge is 0.378 e. The van der Waals surface area contributed by atoms with Crippen LogP contribution in [0.4, 0.5) is 11.4 Å². The first-order chi connectivity index (χ1) is 19.8. The Bertz CT molecular complexity index is 1810. The minimum absolute atomic E-state index is 0.231. The molecule has 0 spiro atoms. The lowest BCUT2D eigenvalue weighted by atomic mass is 9.80. The van der Waals surface area contributed by atoms with Crippen molar-refractivity contribution in [2.45, 2.75) is 12.1 Å². The van der Waals surface area contributed by atoms with E-state index in [1.807, 2.05) is 43.3 Å². The highest BCUT2D eigenvalue weighted by Gasteiger charge is 2.57. The van der Waals surface area contributed by atoms with E-state index in [2.05, 4.69) is 0 Å². The fourth-order valence-electron chi connectivity index (χ4n) is 6.02. The van der Waals surface area contributed by atoms with Crippen LogP contribution in [0.2, 0.25) is 0 Å². The third-order valence-corrected chi connectivity index (χ3v) is 8.11. The third kappa shape index (κ3) is 3.43. The molecule has 2 atom stereocenters. The Morgan fingerprint density at radius 2 is 1.05 bits per heavy atom. The third-order valence-electron chi connectivity index (χ3n) is 8.11. The van der Waals surface area contributed by atoms with Crippen LogP contribution in [-0.4, -0.2) is 54.3 Å². The molecule has 0 saturated carbocycles. The Labute approximate surface area is 235 Å². The van der Waals surface area contributed by atoms with Crippen molar-refractivity contribution in [2.75, 3.05) is 23.9 Å². The zero-order valence-corrected chi connectivity index (χ0v) is 22.2. The topological polar surface area (TPSA) is 95.1 Å². The fourth-order valence-corrected chi connectivity index (χ4v) is 6.02. The summed E-state index contributed by atoms with van der Waals surface area (Å²) in [5, 5.41) is 0. The standard InChI is InChI=1S/C33H23N3O5/c1-34(2)19-12-14-20(15-13-19)35-27(28(33(35)41)36-31(39)24-9-5-6-10-25(24)32(36)40)18-11-16-23-26(17-18)30(38)22-8-4-3-7-21(22)29(23)37/h3-17,27-28H,1-2H3/t27-,28-/m0/s1. The average Bonchev–Trinajstić information content (AvgIpc) is 3.24. The summed E-state index contributed by atoms with van der Waals surface area (Å²) in [5.74, 6) is -2.02. The van der Waals surface area contributed by atoms with Crippen LogP contribution in [0.25, 0.3) is 0 Å². The van der Waals surface area contributed by atoms with Crippen LogP contribution < -0.4 is 9.80 Å². The number of hydrogen-bond acceptors (Lipinski definition) is 6. The van der Waals surface area contributed by atoms with Crippen molar-refractivity contribution < 1.29 is 24.0 Å². The molecule has 0 unspecified atom stereocenters. The van der Waals surface area contributed by atoms with Crippen LogP contribution in [0.3, 0.4) is 0 Å². The van der Waals surface area contributed by atoms with E-state index >= 15 is 0 Å². The second-order valence-corrected chi connectivity index (χ2v) is 10.5. The number of carbonyl (C=O) groups is 5. The molecule has 1 saturated heterocycles. The Kier molecular flexibility index (Phi) is 5.31. The summed E-state index contributed by atoms with van der Waals surface area (Å²) in [6.07, 6.45) is 0. The highest BCUT2D eigenvalue weighted by molar-refractivity contribution is 6.28. The van der Waals surface area contributed by atoms with E-state index in [0.717, 1.165) is 10.6 Å². The van der Waals surface area contributed by atoms with Crippen LogP contribution in [0, 0.1) is 0 Å². The molecule has 8 heteroatoms. The van der Waals surface area contributed by atoms with Crippen molar-refractivity contribution in [3.8, 4) is 0 Å². The summed E-state index contributed by atoms with van der Waals surface area (Å²) in [5.41, 5.74) is 3.75. The van der Waals surface area contributed by atoms with Crippen molar-refractivity contribution >= 4 is 40.7 Å². The quantitative estimate of drug-likeness (QED) is 0.249. The molecule has 0 N–H and O–H groups in total. The summed E-state index contributed by atoms with van der Waals surface area (Å²) < 4.78 is 0. The van der Waals surface area contributed by atoms with E-state index in [-0.39, 0.29) is 33.8 Å². The van der Waals surface area contributed by atoms with Gasteiger partial charge in [-0.2, -0.15) is 0 Å². The molecule has 8 nitrogen and oxygen atoms in total. The van der Waals surface area contributed by atoms with E-state index in [9.17, 15) is 24.0 Å². The summed E-state index contributed by atoms with van der Waals surface area (Å²) >= 11 is 0. The molecule has 7 rings (SSSR count). The molecule has 0 aromatic heterocycles. The second kappa shape index (κ2) is 8.82. The van der Waals surface area contributed by atoms with Gasteiger partial charge >= 0.3 is 0 Å². The second-order valence-electron chi connectivity index (χ2n) is 10.5. The Morgan fingerprint density at radius 1 is 0.537 bits per heavy atom. The number of imide groups is 1. The van der Waals surface area contributed by atoms with Gasteiger partial charge in [0, 0.05) is 47.7 Å². The lowest BCUT2D eigenvalue weighted by Gasteiger charge is -2.50. The van der Waals surface area contributed by atoms with Crippen LogP contribution in [0.5, 0.6) is 0 Å². The van der Waals surface area contributed by atoms with Gasteiger partial charge in [0.1, 0.15) is 6.04 Å². The number of β-lactam (4-membered cyclic amide) rings is 1. The number of carbonyl (C=O) groups excluding carboxylic acids is 5. The van der Waals surface area contributed by atoms with E-state index < -0.39 is 29.8 Å². The molecule has 2 heterocycles. The number of rotatable bonds is 4. The number of hydrogen-bond donors (Lipinski definition) is 0. The van der Waals surface area contributed by atoms with Crippen molar-refractivity contribution in [2.24, 2.45) is 0 Å². The first kappa shape index (κ1) is 24.7. The van der Waals surface area contributed by atoms with E-state index in [1.54, 1.807) is 71.6 Å². The molecule has 1 fully saturated rings. The number of benzene rings is 4. The van der Waals surface area contributed by atoms with E-state index in [1.165, 1.54) is 0 Å². The molecule has 41 heavy (non-hydrogen) atoms. The van der Waals surface area contributed by atoms with Gasteiger partial charge < -0.3 is 9.80 Å². The van der Waals surface area contributed by atoms with Crippen molar-refractivity contribution in [1.82, 2.24) is 4.90 Å². The van der Waals surface area contributed by atoms with Gasteiger partial charge in [-0.05, 0) is 54.1 Å². The van der Waals surface area contributed by atoms with Crippen molar-refractivity contribution in [3.63, 3.8) is 0 Å². The summed E-state index contributed by atoms with van der Waals surface area (Å²) in [6.45, 7) is 0. The predicted octanol–water partition coefficient (Wildman–Crippen LogP) is 4.28. The van der Waals surface area contributed by atoms with Gasteiger partial charge in [0.05, 0.1) is 17.2 Å². The highest BCUT2D eigenvalue weighted by Crippen LogP contribution is 2.45. The number of fused-ring (bicyclic) bond motifs is 3. The SMILES string of the molecule is CN(C)c1ccc(N2C(=O)[C@@H](N3C(=O)c4ccccc4C3=O)[C@@H]2c2ccc3c(c2)C(=O)c2ccccc2C3=O)cc1. The fraction of sp³-hybridized carbons (Fsp3) is 0.121. The average molecular weight is 542 g/mol. The van der Waals surface area contributed by atoms with Crippen molar-refractivity contribution in [1.29, 1.82) is 0 Å². The zero-order chi connectivity index (χ0) is 28.6. The summed E-state index contributed by atoms with van der Waals surface area (Å²) in [6, 6.07) is 23.6. The molecular weight excluding hydrogens is 518 g/mol. The van der Waals surface area contributed by atoms with Crippen LogP contribution in [0.15, 0.2) is 91.0 Å². The molecule has 4 aromatic rings. The maximum Gasteiger partial charge on any atom is 0.262 e. The van der Waals surface area contributed by atoms with Crippen LogP contribution in [0.1, 0.15) is 64.2 Å². The molecule has 4 aromatic carbocycles. The van der Waals surface area contributed by atoms with Crippen LogP contribution in [-0.2, 0) is 4.79 Å². The molecule has 0 radical (unpaired) electrons. The Hall–Kier alpha value is -5.37. The van der Waals surface area contributed by atoms with Gasteiger partial charge in [-0.1, -0.05) is 42.5 Å². The number of nitrogens with zero attached hydrogens (tertiary/aromatic N) is 3. The maximum absolute atomic E-state index is 13.8. The molecule has 3 aliphatic rings. The van der Waals surface area contributed by atoms with E-state index in [0.29, 0.717) is 22.4 Å². The smallest absolute Gasteiger partial charge is 0.262 e. The lowest BCUT2D eigenvalue weighted by Crippen LogP contribution is -2.67. The van der Waals surface area contributed by atoms with Gasteiger partial charge in [0.15, 0.2) is 11.6 Å². The number of amides is 3. The van der Waals surface area contributed by atoms with Crippen LogP contribution >= 0.6 is 0 Å². The van der Waals surface area contributed by atoms with Gasteiger partial charge in [-0.25, -0.2) is 0 Å². The van der Waals surface area contributed by atoms with Gasteiger partial charge in [-0.15, -0.1) is 0 Å². The minimum Gasteiger partial charge on any atom is -0.378 e. The first-order valence-corrected chi connectivity index (χ1v) is 13.2. The molecular formula is C33H23N3O5. The number of anilines is 2. The minimum atomic E-state index is -1.12. The molecule has 2 aliphatic heterocycles. The van der Waals surface area contributed by atoms with Gasteiger partial charge in [-0.3, -0.25) is 28.9 Å². The monoisotopic (exact) mass is 541 g/mol. The predicted molar refractivity (Wildman–Crippen MR) is 151 cm³/mol. The molecule has 0 bridgehead atoms. The summed E-state index contributed by atoms with van der Waals surface area (Å²) in [7, 11) is 3.82. The Balaban J connectivity index is 1.34. The first-order valence-electron chi connectivity index (χ1n) is 13.2. The number of ketones is 2. The Morgan fingerprint density at radius 3 is 1.61 bits per heavy atom. The van der Waals surface area contributed by atoms with Crippen molar-refractivity contribution in [3.05, 3.63) is 130 Å². The highest BCUT2D eigenvalue weighted by atomic mass is 16.2. The molecule has 200 valence electrons. The van der Waals surface area contributed by atoms with Gasteiger partial charge in [0.25, 0.3) is 17.7 Å². The molecule has 3 amide bonds. The summed E-state index contributed by atoms with van der Waals surface area (Å²) in [4.78, 5) is 71.9. The normalized spacial score (nSPS) is 19.1. The van der Waals surface area contributed by atoms with E-state index in [4.69, 9.17) is 0 Å².